The molecular weight excluding hydrogens is 264 g/mol. The van der Waals surface area contributed by atoms with Gasteiger partial charge in [-0.25, -0.2) is 0 Å². The Balaban J connectivity index is 1.85. The number of rotatable bonds is 4. The summed E-state index contributed by atoms with van der Waals surface area (Å²) in [5, 5.41) is 4.10. The number of likely N-dealkylation sites (tertiary alicyclic amines) is 1. The third-order valence-corrected chi connectivity index (χ3v) is 4.33. The lowest BCUT2D eigenvalue weighted by molar-refractivity contribution is 0.0603. The van der Waals surface area contributed by atoms with Gasteiger partial charge in [0, 0.05) is 18.0 Å². The largest absolute Gasteiger partial charge is 0.463 e. The Morgan fingerprint density at radius 3 is 3.10 bits per heavy atom. The van der Waals surface area contributed by atoms with Crippen LogP contribution in [-0.2, 0) is 0 Å². The smallest absolute Gasteiger partial charge is 0.257 e. The quantitative estimate of drug-likeness (QED) is 0.939. The molecule has 1 unspecified atom stereocenters. The van der Waals surface area contributed by atoms with Gasteiger partial charge in [-0.1, -0.05) is 18.2 Å². The van der Waals surface area contributed by atoms with Crippen molar-refractivity contribution in [1.82, 2.24) is 10.2 Å². The van der Waals surface area contributed by atoms with E-state index in [2.05, 4.69) is 5.32 Å². The van der Waals surface area contributed by atoms with E-state index in [-0.39, 0.29) is 5.91 Å². The van der Waals surface area contributed by atoms with Crippen LogP contribution in [0.4, 0.5) is 0 Å². The van der Waals surface area contributed by atoms with Crippen LogP contribution in [0.3, 0.4) is 0 Å². The summed E-state index contributed by atoms with van der Waals surface area (Å²) in [7, 11) is 1.96. The van der Waals surface area contributed by atoms with Crippen LogP contribution in [0.15, 0.2) is 34.9 Å². The van der Waals surface area contributed by atoms with E-state index in [1.165, 1.54) is 6.42 Å². The molecule has 1 aliphatic heterocycles. The number of para-hydroxylation sites is 1. The van der Waals surface area contributed by atoms with Gasteiger partial charge in [0.05, 0.1) is 5.56 Å². The molecule has 1 aromatic heterocycles. The second-order valence-electron chi connectivity index (χ2n) is 5.69. The van der Waals surface area contributed by atoms with Crippen LogP contribution in [0.1, 0.15) is 36.0 Å². The normalized spacial score (nSPS) is 19.1. The molecule has 0 spiro atoms. The summed E-state index contributed by atoms with van der Waals surface area (Å²) >= 11 is 0. The van der Waals surface area contributed by atoms with Gasteiger partial charge in [0.2, 0.25) is 0 Å². The molecule has 1 amide bonds. The number of carbonyl (C=O) groups is 1. The molecule has 21 heavy (non-hydrogen) atoms. The molecule has 0 aliphatic carbocycles. The molecule has 2 heterocycles. The molecule has 4 nitrogen and oxygen atoms in total. The zero-order chi connectivity index (χ0) is 14.7. The molecule has 1 N–H and O–H groups in total. The van der Waals surface area contributed by atoms with Crippen molar-refractivity contribution in [3.8, 4) is 0 Å². The van der Waals surface area contributed by atoms with E-state index in [1.807, 2.05) is 36.2 Å². The van der Waals surface area contributed by atoms with Crippen LogP contribution in [0, 0.1) is 0 Å². The Hall–Kier alpha value is -1.81. The first kappa shape index (κ1) is 14.1. The van der Waals surface area contributed by atoms with Gasteiger partial charge >= 0.3 is 0 Å². The van der Waals surface area contributed by atoms with E-state index in [0.717, 1.165) is 43.3 Å². The van der Waals surface area contributed by atoms with Gasteiger partial charge < -0.3 is 14.6 Å². The highest BCUT2D eigenvalue weighted by molar-refractivity contribution is 6.06. The number of nitrogens with one attached hydrogen (secondary N) is 1. The van der Waals surface area contributed by atoms with Crippen molar-refractivity contribution in [3.63, 3.8) is 0 Å². The van der Waals surface area contributed by atoms with Gasteiger partial charge in [-0.15, -0.1) is 0 Å². The maximum Gasteiger partial charge on any atom is 0.257 e. The number of fused-ring (bicyclic) bond motifs is 1. The van der Waals surface area contributed by atoms with Crippen molar-refractivity contribution >= 4 is 16.9 Å². The fourth-order valence-electron chi connectivity index (χ4n) is 3.18. The highest BCUT2D eigenvalue weighted by Gasteiger charge is 2.28. The minimum atomic E-state index is 0.112. The van der Waals surface area contributed by atoms with E-state index in [0.29, 0.717) is 11.6 Å². The van der Waals surface area contributed by atoms with Crippen LogP contribution >= 0.6 is 0 Å². The zero-order valence-corrected chi connectivity index (χ0v) is 12.5. The fourth-order valence-corrected chi connectivity index (χ4v) is 3.18. The summed E-state index contributed by atoms with van der Waals surface area (Å²) in [6.45, 7) is 1.80. The summed E-state index contributed by atoms with van der Waals surface area (Å²) in [5.41, 5.74) is 1.48. The Kier molecular flexibility index (Phi) is 4.25. The van der Waals surface area contributed by atoms with Crippen molar-refractivity contribution in [3.05, 3.63) is 36.1 Å². The van der Waals surface area contributed by atoms with Gasteiger partial charge in [0.25, 0.3) is 5.91 Å². The number of hydrogen-bond donors (Lipinski definition) is 1. The van der Waals surface area contributed by atoms with Crippen LogP contribution in [0.5, 0.6) is 0 Å². The molecule has 0 bridgehead atoms. The van der Waals surface area contributed by atoms with E-state index < -0.39 is 0 Å². The average Bonchev–Trinajstić information content (AvgIpc) is 2.96. The maximum atomic E-state index is 12.9. The SMILES string of the molecule is CNCCC1CCCCN1C(=O)c1coc2ccccc12. The number of amides is 1. The van der Waals surface area contributed by atoms with E-state index in [4.69, 9.17) is 4.42 Å². The van der Waals surface area contributed by atoms with Crippen molar-refractivity contribution in [2.75, 3.05) is 20.1 Å². The molecule has 1 atom stereocenters. The molecule has 2 aromatic rings. The Bertz CT molecular complexity index is 620. The molecule has 112 valence electrons. The van der Waals surface area contributed by atoms with Crippen molar-refractivity contribution in [1.29, 1.82) is 0 Å². The zero-order valence-electron chi connectivity index (χ0n) is 12.5. The summed E-state index contributed by atoms with van der Waals surface area (Å²) in [6.07, 6.45) is 6.03. The fraction of sp³-hybridized carbons (Fsp3) is 0.471. The van der Waals surface area contributed by atoms with Crippen molar-refractivity contribution in [2.24, 2.45) is 0 Å². The number of furan rings is 1. The lowest BCUT2D eigenvalue weighted by Gasteiger charge is -2.35. The summed E-state index contributed by atoms with van der Waals surface area (Å²) in [5.74, 6) is 0.112. The third kappa shape index (κ3) is 2.81. The number of nitrogens with zero attached hydrogens (tertiary/aromatic N) is 1. The van der Waals surface area contributed by atoms with Gasteiger partial charge in [-0.3, -0.25) is 4.79 Å². The number of hydrogen-bond acceptors (Lipinski definition) is 3. The number of piperidine rings is 1. The predicted octanol–water partition coefficient (Wildman–Crippen LogP) is 3.04. The molecule has 4 heteroatoms. The summed E-state index contributed by atoms with van der Waals surface area (Å²) in [6, 6.07) is 8.08. The first-order chi connectivity index (χ1) is 10.3. The third-order valence-electron chi connectivity index (χ3n) is 4.33. The molecule has 1 fully saturated rings. The van der Waals surface area contributed by atoms with Crippen LogP contribution in [-0.4, -0.2) is 37.0 Å². The molecule has 0 saturated carbocycles. The number of benzene rings is 1. The topological polar surface area (TPSA) is 45.5 Å². The van der Waals surface area contributed by atoms with Gasteiger partial charge in [-0.05, 0) is 45.3 Å². The molecule has 1 aromatic carbocycles. The average molecular weight is 286 g/mol. The first-order valence-corrected chi connectivity index (χ1v) is 7.73. The lowest BCUT2D eigenvalue weighted by Crippen LogP contribution is -2.44. The molecule has 1 aliphatic rings. The maximum absolute atomic E-state index is 12.9. The highest BCUT2D eigenvalue weighted by Crippen LogP contribution is 2.26. The van der Waals surface area contributed by atoms with Gasteiger partial charge in [0.1, 0.15) is 11.8 Å². The van der Waals surface area contributed by atoms with Crippen LogP contribution in [0.2, 0.25) is 0 Å². The van der Waals surface area contributed by atoms with E-state index in [9.17, 15) is 4.79 Å². The van der Waals surface area contributed by atoms with Gasteiger partial charge in [0.15, 0.2) is 0 Å². The first-order valence-electron chi connectivity index (χ1n) is 7.73. The Morgan fingerprint density at radius 2 is 2.24 bits per heavy atom. The van der Waals surface area contributed by atoms with Crippen molar-refractivity contribution < 1.29 is 9.21 Å². The predicted molar refractivity (Wildman–Crippen MR) is 83.4 cm³/mol. The van der Waals surface area contributed by atoms with Gasteiger partial charge in [-0.2, -0.15) is 0 Å². The van der Waals surface area contributed by atoms with E-state index >= 15 is 0 Å². The minimum Gasteiger partial charge on any atom is -0.463 e. The molecule has 1 saturated heterocycles. The molecule has 3 rings (SSSR count). The van der Waals surface area contributed by atoms with Crippen LogP contribution < -0.4 is 5.32 Å². The van der Waals surface area contributed by atoms with Crippen LogP contribution in [0.25, 0.3) is 11.0 Å². The highest BCUT2D eigenvalue weighted by atomic mass is 16.3. The monoisotopic (exact) mass is 286 g/mol. The summed E-state index contributed by atoms with van der Waals surface area (Å²) in [4.78, 5) is 14.9. The van der Waals surface area contributed by atoms with E-state index in [1.54, 1.807) is 6.26 Å². The molecule has 0 radical (unpaired) electrons. The second kappa shape index (κ2) is 6.31. The minimum absolute atomic E-state index is 0.112. The van der Waals surface area contributed by atoms with Crippen molar-refractivity contribution in [2.45, 2.75) is 31.7 Å². The number of carbonyl (C=O) groups excluding carboxylic acids is 1. The second-order valence-corrected chi connectivity index (χ2v) is 5.69. The standard InChI is InChI=1S/C17H22N2O2/c1-18-10-9-13-6-4-5-11-19(13)17(20)15-12-21-16-8-3-2-7-14(15)16/h2-3,7-8,12-13,18H,4-6,9-11H2,1H3. The lowest BCUT2D eigenvalue weighted by atomic mass is 9.98. The Labute approximate surface area is 125 Å². The molecular formula is C17H22N2O2. The summed E-state index contributed by atoms with van der Waals surface area (Å²) < 4.78 is 5.52. The Morgan fingerprint density at radius 1 is 1.38 bits per heavy atom.